The summed E-state index contributed by atoms with van der Waals surface area (Å²) in [5.74, 6) is -0.0431. The summed E-state index contributed by atoms with van der Waals surface area (Å²) in [5.41, 5.74) is 6.03. The van der Waals surface area contributed by atoms with Crippen LogP contribution in [-0.2, 0) is 5.54 Å². The van der Waals surface area contributed by atoms with E-state index in [9.17, 15) is 4.79 Å². The van der Waals surface area contributed by atoms with Crippen molar-refractivity contribution in [2.45, 2.75) is 39.3 Å². The first-order valence-corrected chi connectivity index (χ1v) is 5.79. The Morgan fingerprint density at radius 2 is 2.18 bits per heavy atom. The van der Waals surface area contributed by atoms with Gasteiger partial charge in [-0.25, -0.2) is 0 Å². The second-order valence-corrected chi connectivity index (χ2v) is 5.35. The van der Waals surface area contributed by atoms with Crippen LogP contribution in [0.4, 0.5) is 0 Å². The topological polar surface area (TPSA) is 64.2 Å². The Balaban J connectivity index is 2.87. The van der Waals surface area contributed by atoms with E-state index >= 15 is 0 Å². The van der Waals surface area contributed by atoms with Gasteiger partial charge in [-0.3, -0.25) is 9.48 Å². The number of nitrogens with two attached hydrogens (primary N) is 1. The normalized spacial score (nSPS) is 13.5. The first-order chi connectivity index (χ1) is 7.77. The predicted molar refractivity (Wildman–Crippen MR) is 67.8 cm³/mol. The highest BCUT2D eigenvalue weighted by Gasteiger charge is 2.20. The molecule has 0 spiro atoms. The molecule has 1 aromatic rings. The third-order valence-corrected chi connectivity index (χ3v) is 2.84. The molecule has 0 aliphatic heterocycles. The molecule has 0 aliphatic carbocycles. The first-order valence-electron chi connectivity index (χ1n) is 5.79. The molecule has 0 saturated carbocycles. The van der Waals surface area contributed by atoms with Gasteiger partial charge in [0.1, 0.15) is 0 Å². The van der Waals surface area contributed by atoms with Crippen molar-refractivity contribution in [1.29, 1.82) is 0 Å². The number of likely N-dealkylation sites (N-methyl/N-ethyl adjacent to an activating group) is 1. The zero-order chi connectivity index (χ0) is 13.2. The fraction of sp³-hybridized carbons (Fsp3) is 0.667. The third kappa shape index (κ3) is 3.06. The molecular weight excluding hydrogens is 216 g/mol. The number of aromatic nitrogens is 2. The second-order valence-electron chi connectivity index (χ2n) is 5.35. The van der Waals surface area contributed by atoms with Gasteiger partial charge >= 0.3 is 0 Å². The molecule has 1 unspecified atom stereocenters. The molecular formula is C12H22N4O. The molecule has 0 aliphatic rings. The quantitative estimate of drug-likeness (QED) is 0.856. The fourth-order valence-electron chi connectivity index (χ4n) is 1.36. The summed E-state index contributed by atoms with van der Waals surface area (Å²) in [4.78, 5) is 13.7. The van der Waals surface area contributed by atoms with Crippen molar-refractivity contribution in [3.05, 3.63) is 18.0 Å². The summed E-state index contributed by atoms with van der Waals surface area (Å²) in [6, 6.07) is 0.0282. The molecule has 1 amide bonds. The highest BCUT2D eigenvalue weighted by molar-refractivity contribution is 5.93. The highest BCUT2D eigenvalue weighted by atomic mass is 16.2. The van der Waals surface area contributed by atoms with Crippen molar-refractivity contribution in [1.82, 2.24) is 14.7 Å². The molecule has 1 rings (SSSR count). The van der Waals surface area contributed by atoms with E-state index in [2.05, 4.69) is 5.10 Å². The lowest BCUT2D eigenvalue weighted by molar-refractivity contribution is 0.0748. The van der Waals surface area contributed by atoms with Crippen molar-refractivity contribution < 1.29 is 4.79 Å². The lowest BCUT2D eigenvalue weighted by atomic mass is 10.1. The Morgan fingerprint density at radius 3 is 2.59 bits per heavy atom. The van der Waals surface area contributed by atoms with E-state index in [1.807, 2.05) is 27.7 Å². The van der Waals surface area contributed by atoms with Crippen LogP contribution in [0.15, 0.2) is 12.4 Å². The van der Waals surface area contributed by atoms with Gasteiger partial charge in [0.15, 0.2) is 0 Å². The van der Waals surface area contributed by atoms with Gasteiger partial charge in [-0.2, -0.15) is 5.10 Å². The van der Waals surface area contributed by atoms with Crippen molar-refractivity contribution in [3.8, 4) is 0 Å². The number of hydrogen-bond donors (Lipinski definition) is 1. The maximum Gasteiger partial charge on any atom is 0.257 e. The van der Waals surface area contributed by atoms with Gasteiger partial charge in [0, 0.05) is 25.8 Å². The first kappa shape index (κ1) is 13.7. The van der Waals surface area contributed by atoms with Gasteiger partial charge in [0.25, 0.3) is 5.91 Å². The molecule has 5 heteroatoms. The Bertz CT molecular complexity index is 391. The Labute approximate surface area is 103 Å². The largest absolute Gasteiger partial charge is 0.338 e. The molecule has 0 saturated heterocycles. The Kier molecular flexibility index (Phi) is 3.93. The maximum absolute atomic E-state index is 12.1. The maximum atomic E-state index is 12.1. The molecule has 1 aromatic heterocycles. The standard InChI is InChI=1S/C12H22N4O/c1-9(6-13)15(5)11(17)10-7-14-16(8-10)12(2,3)4/h7-9H,6,13H2,1-5H3. The van der Waals surface area contributed by atoms with Crippen LogP contribution in [0.1, 0.15) is 38.1 Å². The van der Waals surface area contributed by atoms with Crippen molar-refractivity contribution >= 4 is 5.91 Å². The number of amides is 1. The van der Waals surface area contributed by atoms with Crippen LogP contribution in [0.25, 0.3) is 0 Å². The second kappa shape index (κ2) is 4.87. The third-order valence-electron chi connectivity index (χ3n) is 2.84. The summed E-state index contributed by atoms with van der Waals surface area (Å²) < 4.78 is 1.79. The van der Waals surface area contributed by atoms with Crippen LogP contribution in [-0.4, -0.2) is 40.2 Å². The van der Waals surface area contributed by atoms with Crippen LogP contribution in [0.5, 0.6) is 0 Å². The number of hydrogen-bond acceptors (Lipinski definition) is 3. The molecule has 0 radical (unpaired) electrons. The van der Waals surface area contributed by atoms with Crippen LogP contribution < -0.4 is 5.73 Å². The van der Waals surface area contributed by atoms with Crippen molar-refractivity contribution in [2.75, 3.05) is 13.6 Å². The van der Waals surface area contributed by atoms with E-state index in [0.29, 0.717) is 12.1 Å². The molecule has 96 valence electrons. The van der Waals surface area contributed by atoms with Crippen molar-refractivity contribution in [3.63, 3.8) is 0 Å². The number of carbonyl (C=O) groups excluding carboxylic acids is 1. The van der Waals surface area contributed by atoms with Crippen molar-refractivity contribution in [2.24, 2.45) is 5.73 Å². The average Bonchev–Trinajstić information content (AvgIpc) is 2.74. The van der Waals surface area contributed by atoms with Crippen LogP contribution in [0.2, 0.25) is 0 Å². The van der Waals surface area contributed by atoms with Crippen LogP contribution >= 0.6 is 0 Å². The molecule has 5 nitrogen and oxygen atoms in total. The highest BCUT2D eigenvalue weighted by Crippen LogP contribution is 2.14. The van der Waals surface area contributed by atoms with Gasteiger partial charge in [-0.05, 0) is 27.7 Å². The summed E-state index contributed by atoms with van der Waals surface area (Å²) in [6.45, 7) is 8.50. The van der Waals surface area contributed by atoms with E-state index in [1.165, 1.54) is 0 Å². The fourth-order valence-corrected chi connectivity index (χ4v) is 1.36. The minimum absolute atomic E-state index is 0.0282. The van der Waals surface area contributed by atoms with Crippen LogP contribution in [0, 0.1) is 0 Å². The zero-order valence-corrected chi connectivity index (χ0v) is 11.3. The monoisotopic (exact) mass is 238 g/mol. The lowest BCUT2D eigenvalue weighted by Crippen LogP contribution is -2.39. The number of rotatable bonds is 3. The van der Waals surface area contributed by atoms with Gasteiger partial charge in [0.05, 0.1) is 17.3 Å². The van der Waals surface area contributed by atoms with Gasteiger partial charge in [-0.1, -0.05) is 0 Å². The SMILES string of the molecule is CC(CN)N(C)C(=O)c1cnn(C(C)(C)C)c1. The molecule has 0 bridgehead atoms. The molecule has 17 heavy (non-hydrogen) atoms. The lowest BCUT2D eigenvalue weighted by Gasteiger charge is -2.23. The summed E-state index contributed by atoms with van der Waals surface area (Å²) in [6.07, 6.45) is 3.38. The van der Waals surface area contributed by atoms with E-state index in [-0.39, 0.29) is 17.5 Å². The van der Waals surface area contributed by atoms with E-state index in [0.717, 1.165) is 0 Å². The van der Waals surface area contributed by atoms with Gasteiger partial charge in [-0.15, -0.1) is 0 Å². The minimum Gasteiger partial charge on any atom is -0.338 e. The molecule has 1 heterocycles. The number of nitrogens with zero attached hydrogens (tertiary/aromatic N) is 3. The summed E-state index contributed by atoms with van der Waals surface area (Å²) >= 11 is 0. The van der Waals surface area contributed by atoms with Crippen LogP contribution in [0.3, 0.4) is 0 Å². The molecule has 0 aromatic carbocycles. The Morgan fingerprint density at radius 1 is 1.59 bits per heavy atom. The van der Waals surface area contributed by atoms with E-state index < -0.39 is 0 Å². The van der Waals surface area contributed by atoms with Gasteiger partial charge in [0.2, 0.25) is 0 Å². The molecule has 2 N–H and O–H groups in total. The van der Waals surface area contributed by atoms with E-state index in [4.69, 9.17) is 5.73 Å². The minimum atomic E-state index is -0.114. The average molecular weight is 238 g/mol. The molecule has 1 atom stereocenters. The zero-order valence-electron chi connectivity index (χ0n) is 11.3. The smallest absolute Gasteiger partial charge is 0.257 e. The summed E-state index contributed by atoms with van der Waals surface area (Å²) in [5, 5.41) is 4.21. The Hall–Kier alpha value is -1.36. The van der Waals surface area contributed by atoms with Gasteiger partial charge < -0.3 is 10.6 Å². The predicted octanol–water partition coefficient (Wildman–Crippen LogP) is 1.06. The molecule has 0 fully saturated rings. The van der Waals surface area contributed by atoms with E-state index in [1.54, 1.807) is 29.0 Å². The summed E-state index contributed by atoms with van der Waals surface area (Å²) in [7, 11) is 1.76. The number of carbonyl (C=O) groups is 1.